The van der Waals surface area contributed by atoms with E-state index in [0.29, 0.717) is 0 Å². The highest BCUT2D eigenvalue weighted by molar-refractivity contribution is 5.48. The number of carbonyl (C=O) groups excluding carboxylic acids is 1. The van der Waals surface area contributed by atoms with Crippen molar-refractivity contribution in [2.24, 2.45) is 0 Å². The van der Waals surface area contributed by atoms with Gasteiger partial charge < -0.3 is 4.79 Å². The van der Waals surface area contributed by atoms with Gasteiger partial charge in [-0.25, -0.2) is 0 Å². The summed E-state index contributed by atoms with van der Waals surface area (Å²) < 4.78 is 0. The van der Waals surface area contributed by atoms with Gasteiger partial charge in [0, 0.05) is 6.42 Å². The van der Waals surface area contributed by atoms with E-state index < -0.39 is 0 Å². The number of aldehydes is 1. The molecule has 0 unspecified atom stereocenters. The maximum absolute atomic E-state index is 10.1. The predicted octanol–water partition coefficient (Wildman–Crippen LogP) is 4.03. The Balaban J connectivity index is 2.11. The van der Waals surface area contributed by atoms with E-state index in [0.717, 1.165) is 19.1 Å². The Morgan fingerprint density at radius 1 is 0.929 bits per heavy atom. The zero-order valence-electron chi connectivity index (χ0n) is 9.13. The van der Waals surface area contributed by atoms with Crippen LogP contribution in [0.4, 0.5) is 0 Å². The quantitative estimate of drug-likeness (QED) is 0.279. The number of carbonyl (C=O) groups is 1. The summed E-state index contributed by atoms with van der Waals surface area (Å²) in [7, 11) is 0. The first-order valence-electron chi connectivity index (χ1n) is 6.05. The smallest absolute Gasteiger partial charge is 0.119 e. The van der Waals surface area contributed by atoms with Gasteiger partial charge in [-0.1, -0.05) is 24.5 Å². The molecule has 1 heteroatoms. The zero-order valence-corrected chi connectivity index (χ0v) is 9.13. The molecule has 0 spiro atoms. The van der Waals surface area contributed by atoms with Crippen molar-refractivity contribution in [1.29, 1.82) is 0 Å². The van der Waals surface area contributed by atoms with Crippen LogP contribution in [0.5, 0.6) is 0 Å². The monoisotopic (exact) mass is 194 g/mol. The summed E-state index contributed by atoms with van der Waals surface area (Å²) in [4.78, 5) is 10.1. The van der Waals surface area contributed by atoms with E-state index in [1.807, 2.05) is 0 Å². The van der Waals surface area contributed by atoms with Gasteiger partial charge in [0.1, 0.15) is 6.29 Å². The topological polar surface area (TPSA) is 17.1 Å². The van der Waals surface area contributed by atoms with Crippen LogP contribution in [-0.4, -0.2) is 6.29 Å². The van der Waals surface area contributed by atoms with E-state index in [1.54, 1.807) is 5.57 Å². The van der Waals surface area contributed by atoms with Crippen LogP contribution in [-0.2, 0) is 4.79 Å². The number of rotatable bonds is 5. The van der Waals surface area contributed by atoms with Crippen molar-refractivity contribution in [3.05, 3.63) is 11.6 Å². The Bertz CT molecular complexity index is 172. The zero-order chi connectivity index (χ0) is 10.1. The standard InChI is InChI=1S/C13H22O/c14-12-8-4-3-7-11-13-9-5-1-2-6-10-13/h11-12H,1-10H2. The fraction of sp³-hybridized carbons (Fsp3) is 0.769. The normalized spacial score (nSPS) is 17.6. The summed E-state index contributed by atoms with van der Waals surface area (Å²) in [5, 5.41) is 0. The van der Waals surface area contributed by atoms with Gasteiger partial charge in [0.05, 0.1) is 0 Å². The lowest BCUT2D eigenvalue weighted by molar-refractivity contribution is -0.107. The molecule has 1 nitrogen and oxygen atoms in total. The lowest BCUT2D eigenvalue weighted by Crippen LogP contribution is -1.82. The summed E-state index contributed by atoms with van der Waals surface area (Å²) in [6.45, 7) is 0. The molecule has 0 saturated heterocycles. The van der Waals surface area contributed by atoms with Crippen LogP contribution in [0, 0.1) is 0 Å². The molecule has 80 valence electrons. The van der Waals surface area contributed by atoms with Crippen LogP contribution >= 0.6 is 0 Å². The summed E-state index contributed by atoms with van der Waals surface area (Å²) in [5.41, 5.74) is 1.67. The Morgan fingerprint density at radius 3 is 2.21 bits per heavy atom. The minimum atomic E-state index is 0.739. The van der Waals surface area contributed by atoms with Crippen LogP contribution in [0.25, 0.3) is 0 Å². The Kier molecular flexibility index (Phi) is 6.38. The van der Waals surface area contributed by atoms with Crippen molar-refractivity contribution in [3.8, 4) is 0 Å². The van der Waals surface area contributed by atoms with Gasteiger partial charge in [-0.15, -0.1) is 0 Å². The largest absolute Gasteiger partial charge is 0.303 e. The summed E-state index contributed by atoms with van der Waals surface area (Å²) in [6.07, 6.45) is 15.9. The second kappa shape index (κ2) is 7.78. The SMILES string of the molecule is O=CCCCCC=C1CCCCCC1. The lowest BCUT2D eigenvalue weighted by Gasteiger charge is -2.01. The summed E-state index contributed by atoms with van der Waals surface area (Å²) >= 11 is 0. The average Bonchev–Trinajstić information content (AvgIpc) is 2.46. The van der Waals surface area contributed by atoms with Crippen LogP contribution < -0.4 is 0 Å². The van der Waals surface area contributed by atoms with Crippen molar-refractivity contribution in [2.45, 2.75) is 64.2 Å². The van der Waals surface area contributed by atoms with Gasteiger partial charge in [-0.3, -0.25) is 0 Å². The second-order valence-electron chi connectivity index (χ2n) is 4.23. The van der Waals surface area contributed by atoms with E-state index in [1.165, 1.54) is 51.4 Å². The van der Waals surface area contributed by atoms with Crippen molar-refractivity contribution in [1.82, 2.24) is 0 Å². The molecule has 0 amide bonds. The van der Waals surface area contributed by atoms with Crippen LogP contribution in [0.1, 0.15) is 64.2 Å². The van der Waals surface area contributed by atoms with Crippen LogP contribution in [0.2, 0.25) is 0 Å². The first-order valence-corrected chi connectivity index (χ1v) is 6.05. The van der Waals surface area contributed by atoms with Crippen molar-refractivity contribution < 1.29 is 4.79 Å². The molecule has 0 atom stereocenters. The van der Waals surface area contributed by atoms with Crippen LogP contribution in [0.3, 0.4) is 0 Å². The molecule has 1 aliphatic carbocycles. The van der Waals surface area contributed by atoms with Gasteiger partial charge in [-0.05, 0) is 44.9 Å². The Labute approximate surface area is 87.6 Å². The van der Waals surface area contributed by atoms with Crippen molar-refractivity contribution in [2.75, 3.05) is 0 Å². The van der Waals surface area contributed by atoms with Crippen LogP contribution in [0.15, 0.2) is 11.6 Å². The molecule has 0 N–H and O–H groups in total. The molecule has 0 aromatic heterocycles. The van der Waals surface area contributed by atoms with Crippen molar-refractivity contribution >= 4 is 6.29 Å². The highest BCUT2D eigenvalue weighted by atomic mass is 16.1. The second-order valence-corrected chi connectivity index (χ2v) is 4.23. The van der Waals surface area contributed by atoms with E-state index >= 15 is 0 Å². The summed E-state index contributed by atoms with van der Waals surface area (Å²) in [5.74, 6) is 0. The lowest BCUT2D eigenvalue weighted by atomic mass is 10.1. The molecular formula is C13H22O. The third kappa shape index (κ3) is 5.21. The van der Waals surface area contributed by atoms with Gasteiger partial charge in [0.25, 0.3) is 0 Å². The van der Waals surface area contributed by atoms with E-state index in [2.05, 4.69) is 6.08 Å². The third-order valence-electron chi connectivity index (χ3n) is 2.95. The Morgan fingerprint density at radius 2 is 1.57 bits per heavy atom. The number of unbranched alkanes of at least 4 members (excludes halogenated alkanes) is 3. The molecule has 0 heterocycles. The molecule has 1 fully saturated rings. The fourth-order valence-electron chi connectivity index (χ4n) is 2.06. The molecular weight excluding hydrogens is 172 g/mol. The van der Waals surface area contributed by atoms with Crippen molar-refractivity contribution in [3.63, 3.8) is 0 Å². The Hall–Kier alpha value is -0.590. The van der Waals surface area contributed by atoms with E-state index in [9.17, 15) is 4.79 Å². The molecule has 0 aromatic rings. The molecule has 1 aliphatic rings. The molecule has 0 aromatic carbocycles. The molecule has 14 heavy (non-hydrogen) atoms. The highest BCUT2D eigenvalue weighted by Gasteiger charge is 2.02. The van der Waals surface area contributed by atoms with E-state index in [-0.39, 0.29) is 0 Å². The summed E-state index contributed by atoms with van der Waals surface area (Å²) in [6, 6.07) is 0. The van der Waals surface area contributed by atoms with Gasteiger partial charge in [-0.2, -0.15) is 0 Å². The minimum Gasteiger partial charge on any atom is -0.303 e. The number of hydrogen-bond acceptors (Lipinski definition) is 1. The van der Waals surface area contributed by atoms with E-state index in [4.69, 9.17) is 0 Å². The molecule has 0 bridgehead atoms. The predicted molar refractivity (Wildman–Crippen MR) is 60.3 cm³/mol. The maximum Gasteiger partial charge on any atom is 0.119 e. The fourth-order valence-corrected chi connectivity index (χ4v) is 2.06. The molecule has 1 rings (SSSR count). The highest BCUT2D eigenvalue weighted by Crippen LogP contribution is 2.22. The van der Waals surface area contributed by atoms with Gasteiger partial charge in [0.2, 0.25) is 0 Å². The number of hydrogen-bond donors (Lipinski definition) is 0. The first kappa shape index (κ1) is 11.5. The third-order valence-corrected chi connectivity index (χ3v) is 2.95. The molecule has 1 saturated carbocycles. The average molecular weight is 194 g/mol. The molecule has 0 radical (unpaired) electrons. The molecule has 0 aliphatic heterocycles. The van der Waals surface area contributed by atoms with Gasteiger partial charge >= 0.3 is 0 Å². The minimum absolute atomic E-state index is 0.739. The van der Waals surface area contributed by atoms with Gasteiger partial charge in [0.15, 0.2) is 0 Å². The maximum atomic E-state index is 10.1. The first-order chi connectivity index (χ1) is 6.93. The number of allylic oxidation sites excluding steroid dienone is 2.